The molecule has 0 unspecified atom stereocenters. The van der Waals surface area contributed by atoms with Gasteiger partial charge in [0.15, 0.2) is 5.69 Å². The molecular weight excluding hydrogens is 356 g/mol. The first-order valence-corrected chi connectivity index (χ1v) is 9.82. The van der Waals surface area contributed by atoms with Gasteiger partial charge in [-0.2, -0.15) is 0 Å². The van der Waals surface area contributed by atoms with Crippen molar-refractivity contribution in [2.24, 2.45) is 0 Å². The third-order valence-electron chi connectivity index (χ3n) is 3.61. The van der Waals surface area contributed by atoms with Gasteiger partial charge in [-0.05, 0) is 30.7 Å². The molecule has 136 valence electrons. The molecule has 0 aromatic carbocycles. The molecule has 3 rings (SSSR count). The first-order chi connectivity index (χ1) is 12.4. The standard InChI is InChI=1S/C17H18N4O4S/c1-3-25-14-10-12(7-8-18-14)11-19-16(22)15-13-6-4-5-9-21(13)17(20-15)26(2,23)24/h4-10H,3,11H2,1-2H3,(H,19,22). The number of hydrogen-bond acceptors (Lipinski definition) is 6. The second-order valence-electron chi connectivity index (χ2n) is 5.59. The summed E-state index contributed by atoms with van der Waals surface area (Å²) in [4.78, 5) is 20.7. The summed E-state index contributed by atoms with van der Waals surface area (Å²) in [6.45, 7) is 2.60. The van der Waals surface area contributed by atoms with Gasteiger partial charge in [0.1, 0.15) is 0 Å². The fourth-order valence-corrected chi connectivity index (χ4v) is 3.27. The lowest BCUT2D eigenvalue weighted by atomic mass is 10.2. The average Bonchev–Trinajstić information content (AvgIpc) is 3.00. The van der Waals surface area contributed by atoms with Crippen molar-refractivity contribution in [2.75, 3.05) is 12.9 Å². The van der Waals surface area contributed by atoms with Gasteiger partial charge in [0, 0.05) is 31.3 Å². The zero-order chi connectivity index (χ0) is 18.7. The van der Waals surface area contributed by atoms with E-state index in [9.17, 15) is 13.2 Å². The number of sulfone groups is 1. The third-order valence-corrected chi connectivity index (χ3v) is 4.56. The van der Waals surface area contributed by atoms with Gasteiger partial charge in [-0.3, -0.25) is 9.20 Å². The summed E-state index contributed by atoms with van der Waals surface area (Å²) in [5, 5.41) is 2.58. The number of hydrogen-bond donors (Lipinski definition) is 1. The molecule has 0 spiro atoms. The first-order valence-electron chi connectivity index (χ1n) is 7.93. The van der Waals surface area contributed by atoms with E-state index in [4.69, 9.17) is 4.74 Å². The number of fused-ring (bicyclic) bond motifs is 1. The molecule has 9 heteroatoms. The maximum atomic E-state index is 12.6. The molecule has 0 saturated heterocycles. The summed E-state index contributed by atoms with van der Waals surface area (Å²) in [5.41, 5.74) is 1.30. The summed E-state index contributed by atoms with van der Waals surface area (Å²) < 4.78 is 30.6. The van der Waals surface area contributed by atoms with E-state index in [1.807, 2.05) is 6.92 Å². The number of aromatic nitrogens is 3. The van der Waals surface area contributed by atoms with Crippen molar-refractivity contribution < 1.29 is 17.9 Å². The Morgan fingerprint density at radius 1 is 1.31 bits per heavy atom. The highest BCUT2D eigenvalue weighted by atomic mass is 32.2. The van der Waals surface area contributed by atoms with Crippen LogP contribution in [0.3, 0.4) is 0 Å². The van der Waals surface area contributed by atoms with Crippen LogP contribution in [-0.4, -0.2) is 41.6 Å². The Labute approximate surface area is 150 Å². The smallest absolute Gasteiger partial charge is 0.272 e. The van der Waals surface area contributed by atoms with Crippen molar-refractivity contribution in [3.05, 3.63) is 54.0 Å². The van der Waals surface area contributed by atoms with E-state index in [0.717, 1.165) is 11.8 Å². The van der Waals surface area contributed by atoms with Crippen LogP contribution in [0.1, 0.15) is 23.0 Å². The van der Waals surface area contributed by atoms with E-state index < -0.39 is 15.7 Å². The van der Waals surface area contributed by atoms with Gasteiger partial charge in [0.2, 0.25) is 20.9 Å². The molecule has 1 amide bonds. The molecule has 0 atom stereocenters. The number of carbonyl (C=O) groups is 1. The van der Waals surface area contributed by atoms with Crippen LogP contribution < -0.4 is 10.1 Å². The Morgan fingerprint density at radius 2 is 2.12 bits per heavy atom. The van der Waals surface area contributed by atoms with Crippen LogP contribution in [0.15, 0.2) is 47.9 Å². The maximum Gasteiger partial charge on any atom is 0.272 e. The molecule has 1 N–H and O–H groups in total. The van der Waals surface area contributed by atoms with Gasteiger partial charge in [-0.25, -0.2) is 18.4 Å². The third kappa shape index (κ3) is 3.67. The van der Waals surface area contributed by atoms with Gasteiger partial charge in [0.05, 0.1) is 12.1 Å². The molecule has 0 saturated carbocycles. The van der Waals surface area contributed by atoms with Crippen molar-refractivity contribution >= 4 is 21.3 Å². The summed E-state index contributed by atoms with van der Waals surface area (Å²) in [6.07, 6.45) is 4.22. The van der Waals surface area contributed by atoms with E-state index in [1.165, 1.54) is 4.40 Å². The van der Waals surface area contributed by atoms with E-state index in [1.54, 1.807) is 42.7 Å². The van der Waals surface area contributed by atoms with Gasteiger partial charge in [-0.1, -0.05) is 6.07 Å². The number of nitrogens with zero attached hydrogens (tertiary/aromatic N) is 3. The van der Waals surface area contributed by atoms with Gasteiger partial charge >= 0.3 is 0 Å². The number of amides is 1. The largest absolute Gasteiger partial charge is 0.478 e. The topological polar surface area (TPSA) is 103 Å². The summed E-state index contributed by atoms with van der Waals surface area (Å²) in [5.74, 6) is 0.0180. The molecule has 3 aromatic heterocycles. The molecule has 0 aliphatic rings. The van der Waals surface area contributed by atoms with Gasteiger partial charge in [-0.15, -0.1) is 0 Å². The van der Waals surface area contributed by atoms with Crippen molar-refractivity contribution in [1.29, 1.82) is 0 Å². The Bertz CT molecular complexity index is 1060. The predicted octanol–water partition coefficient (Wildman–Crippen LogP) is 1.46. The predicted molar refractivity (Wildman–Crippen MR) is 94.9 cm³/mol. The van der Waals surface area contributed by atoms with Crippen LogP contribution in [0.2, 0.25) is 0 Å². The quantitative estimate of drug-likeness (QED) is 0.701. The van der Waals surface area contributed by atoms with Crippen LogP contribution in [0, 0.1) is 0 Å². The minimum absolute atomic E-state index is 0.0603. The van der Waals surface area contributed by atoms with Crippen LogP contribution in [0.5, 0.6) is 5.88 Å². The molecule has 26 heavy (non-hydrogen) atoms. The fraction of sp³-hybridized carbons (Fsp3) is 0.235. The Kier molecular flexibility index (Phi) is 4.90. The monoisotopic (exact) mass is 374 g/mol. The summed E-state index contributed by atoms with van der Waals surface area (Å²) in [7, 11) is -3.57. The minimum atomic E-state index is -3.57. The van der Waals surface area contributed by atoms with Crippen LogP contribution >= 0.6 is 0 Å². The number of imidazole rings is 1. The molecule has 0 aliphatic carbocycles. The normalized spacial score (nSPS) is 11.5. The highest BCUT2D eigenvalue weighted by Crippen LogP contribution is 2.17. The lowest BCUT2D eigenvalue weighted by Crippen LogP contribution is -2.23. The van der Waals surface area contributed by atoms with Crippen LogP contribution in [-0.2, 0) is 16.4 Å². The molecule has 0 aliphatic heterocycles. The van der Waals surface area contributed by atoms with Crippen molar-refractivity contribution in [3.8, 4) is 5.88 Å². The van der Waals surface area contributed by atoms with Crippen molar-refractivity contribution in [2.45, 2.75) is 18.6 Å². The summed E-state index contributed by atoms with van der Waals surface area (Å²) >= 11 is 0. The first kappa shape index (κ1) is 17.9. The molecular formula is C17H18N4O4S. The zero-order valence-corrected chi connectivity index (χ0v) is 15.2. The lowest BCUT2D eigenvalue weighted by molar-refractivity contribution is 0.0947. The molecule has 0 radical (unpaired) electrons. The van der Waals surface area contributed by atoms with Crippen molar-refractivity contribution in [1.82, 2.24) is 19.7 Å². The SMILES string of the molecule is CCOc1cc(CNC(=O)c2nc(S(C)(=O)=O)n3ccccc23)ccn1. The number of ether oxygens (including phenoxy) is 1. The summed E-state index contributed by atoms with van der Waals surface area (Å²) in [6, 6.07) is 8.54. The van der Waals surface area contributed by atoms with Crippen molar-refractivity contribution in [3.63, 3.8) is 0 Å². The number of pyridine rings is 2. The average molecular weight is 374 g/mol. The van der Waals surface area contributed by atoms with Crippen LogP contribution in [0.25, 0.3) is 5.52 Å². The van der Waals surface area contributed by atoms with E-state index >= 15 is 0 Å². The van der Waals surface area contributed by atoms with Gasteiger partial charge < -0.3 is 10.1 Å². The van der Waals surface area contributed by atoms with E-state index in [-0.39, 0.29) is 17.4 Å². The highest BCUT2D eigenvalue weighted by Gasteiger charge is 2.22. The molecule has 3 heterocycles. The molecule has 8 nitrogen and oxygen atoms in total. The second kappa shape index (κ2) is 7.12. The van der Waals surface area contributed by atoms with E-state index in [2.05, 4.69) is 15.3 Å². The highest BCUT2D eigenvalue weighted by molar-refractivity contribution is 7.90. The number of nitrogens with one attached hydrogen (secondary N) is 1. The Morgan fingerprint density at radius 3 is 2.85 bits per heavy atom. The number of rotatable bonds is 6. The lowest BCUT2D eigenvalue weighted by Gasteiger charge is -2.06. The Hall–Kier alpha value is -2.94. The van der Waals surface area contributed by atoms with Gasteiger partial charge in [0.25, 0.3) is 5.91 Å². The number of carbonyl (C=O) groups excluding carboxylic acids is 1. The fourth-order valence-electron chi connectivity index (χ4n) is 2.49. The van der Waals surface area contributed by atoms with E-state index in [0.29, 0.717) is 18.0 Å². The Balaban J connectivity index is 1.86. The molecule has 0 fully saturated rings. The molecule has 3 aromatic rings. The zero-order valence-electron chi connectivity index (χ0n) is 14.3. The van der Waals surface area contributed by atoms with Crippen LogP contribution in [0.4, 0.5) is 0 Å². The molecule has 0 bridgehead atoms. The maximum absolute atomic E-state index is 12.6. The minimum Gasteiger partial charge on any atom is -0.478 e. The second-order valence-corrected chi connectivity index (χ2v) is 7.50.